The highest BCUT2D eigenvalue weighted by atomic mass is 32.2. The first-order chi connectivity index (χ1) is 7.15. The largest absolute Gasteiger partial charge is 0.396 e. The highest BCUT2D eigenvalue weighted by Crippen LogP contribution is 2.28. The zero-order valence-corrected chi connectivity index (χ0v) is 10.4. The van der Waals surface area contributed by atoms with Crippen molar-refractivity contribution >= 4 is 12.0 Å². The molecule has 0 aliphatic carbocycles. The van der Waals surface area contributed by atoms with Crippen LogP contribution in [0.15, 0.2) is 17.0 Å². The molecule has 0 radical (unpaired) electrons. The second-order valence-corrected chi connectivity index (χ2v) is 4.52. The van der Waals surface area contributed by atoms with Gasteiger partial charge in [-0.1, -0.05) is 17.7 Å². The number of aliphatic hydroxyl groups excluding tert-OH is 1. The van der Waals surface area contributed by atoms with Gasteiger partial charge in [0.05, 0.1) is 6.61 Å². The van der Waals surface area contributed by atoms with Crippen molar-refractivity contribution in [2.24, 2.45) is 0 Å². The van der Waals surface area contributed by atoms with E-state index in [4.69, 9.17) is 9.29 Å². The van der Waals surface area contributed by atoms with E-state index in [-0.39, 0.29) is 6.61 Å². The molecule has 0 bridgehead atoms. The summed E-state index contributed by atoms with van der Waals surface area (Å²) in [5, 5.41) is 8.62. The van der Waals surface area contributed by atoms with Gasteiger partial charge in [-0.2, -0.15) is 0 Å². The monoisotopic (exact) mass is 226 g/mol. The average Bonchev–Trinajstić information content (AvgIpc) is 2.15. The summed E-state index contributed by atoms with van der Waals surface area (Å²) >= 11 is 1.41. The van der Waals surface area contributed by atoms with Gasteiger partial charge < -0.3 is 9.29 Å². The third kappa shape index (κ3) is 3.86. The summed E-state index contributed by atoms with van der Waals surface area (Å²) in [5.74, 6) is 0. The van der Waals surface area contributed by atoms with Gasteiger partial charge >= 0.3 is 0 Å². The maximum absolute atomic E-state index is 8.62. The minimum Gasteiger partial charge on any atom is -0.396 e. The van der Waals surface area contributed by atoms with Gasteiger partial charge in [0.15, 0.2) is 0 Å². The Labute approximate surface area is 95.9 Å². The fraction of sp³-hybridized carbons (Fsp3) is 0.500. The van der Waals surface area contributed by atoms with Gasteiger partial charge in [-0.3, -0.25) is 0 Å². The van der Waals surface area contributed by atoms with E-state index in [1.165, 1.54) is 33.6 Å². The molecule has 0 aromatic heterocycles. The molecule has 0 saturated carbocycles. The normalized spacial score (nSPS) is 10.7. The maximum atomic E-state index is 8.62. The van der Waals surface area contributed by atoms with E-state index in [1.807, 2.05) is 0 Å². The second-order valence-electron chi connectivity index (χ2n) is 3.71. The molecule has 0 fully saturated rings. The predicted molar refractivity (Wildman–Crippen MR) is 64.2 cm³/mol. The number of benzene rings is 1. The standard InChI is InChI=1S/C12H18O2S/c1-9-7-10(2)12(11(3)8-9)15-14-6-4-5-13/h7-8,13H,4-6H2,1-3H3. The fourth-order valence-corrected chi connectivity index (χ4v) is 2.22. The maximum Gasteiger partial charge on any atom is 0.0640 e. The molecule has 1 rings (SSSR count). The molecule has 1 aromatic carbocycles. The summed E-state index contributed by atoms with van der Waals surface area (Å²) in [6.45, 7) is 7.07. The molecule has 0 unspecified atom stereocenters. The molecule has 0 heterocycles. The highest BCUT2D eigenvalue weighted by Gasteiger charge is 2.04. The van der Waals surface area contributed by atoms with Crippen LogP contribution in [0.2, 0.25) is 0 Å². The predicted octanol–water partition coefficient (Wildman–Crippen LogP) is 3.02. The Balaban J connectivity index is 2.60. The van der Waals surface area contributed by atoms with E-state index in [9.17, 15) is 0 Å². The van der Waals surface area contributed by atoms with Crippen molar-refractivity contribution in [1.29, 1.82) is 0 Å². The number of hydrogen-bond acceptors (Lipinski definition) is 3. The number of aliphatic hydroxyl groups is 1. The molecule has 3 heteroatoms. The summed E-state index contributed by atoms with van der Waals surface area (Å²) in [6, 6.07) is 4.31. The topological polar surface area (TPSA) is 29.5 Å². The molecule has 0 spiro atoms. The zero-order valence-electron chi connectivity index (χ0n) is 9.54. The Morgan fingerprint density at radius 3 is 2.33 bits per heavy atom. The van der Waals surface area contributed by atoms with Crippen LogP contribution in [0, 0.1) is 20.8 Å². The molecule has 1 aromatic rings. The van der Waals surface area contributed by atoms with Crippen molar-refractivity contribution < 1.29 is 9.29 Å². The van der Waals surface area contributed by atoms with Gasteiger partial charge in [-0.25, -0.2) is 0 Å². The highest BCUT2D eigenvalue weighted by molar-refractivity contribution is 7.94. The van der Waals surface area contributed by atoms with Crippen molar-refractivity contribution in [3.8, 4) is 0 Å². The van der Waals surface area contributed by atoms with E-state index >= 15 is 0 Å². The molecule has 0 atom stereocenters. The van der Waals surface area contributed by atoms with E-state index in [1.54, 1.807) is 0 Å². The van der Waals surface area contributed by atoms with Crippen LogP contribution in [-0.4, -0.2) is 18.3 Å². The molecule has 0 aliphatic rings. The molecular weight excluding hydrogens is 208 g/mol. The zero-order chi connectivity index (χ0) is 11.3. The van der Waals surface area contributed by atoms with Crippen LogP contribution in [0.25, 0.3) is 0 Å². The quantitative estimate of drug-likeness (QED) is 0.618. The SMILES string of the molecule is Cc1cc(C)c(SOCCCO)c(C)c1. The van der Waals surface area contributed by atoms with E-state index in [0.29, 0.717) is 13.0 Å². The van der Waals surface area contributed by atoms with Crippen molar-refractivity contribution in [3.63, 3.8) is 0 Å². The summed E-state index contributed by atoms with van der Waals surface area (Å²) in [4.78, 5) is 1.19. The van der Waals surface area contributed by atoms with Crippen LogP contribution in [0.1, 0.15) is 23.1 Å². The fourth-order valence-electron chi connectivity index (χ4n) is 1.52. The molecule has 2 nitrogen and oxygen atoms in total. The molecular formula is C12H18O2S. The number of rotatable bonds is 5. The van der Waals surface area contributed by atoms with Crippen LogP contribution >= 0.6 is 12.0 Å². The Morgan fingerprint density at radius 1 is 1.20 bits per heavy atom. The van der Waals surface area contributed by atoms with Crippen molar-refractivity contribution in [1.82, 2.24) is 0 Å². The summed E-state index contributed by atoms with van der Waals surface area (Å²) in [7, 11) is 0. The molecule has 0 saturated heterocycles. The summed E-state index contributed by atoms with van der Waals surface area (Å²) in [6.07, 6.45) is 0.691. The minimum absolute atomic E-state index is 0.187. The van der Waals surface area contributed by atoms with E-state index < -0.39 is 0 Å². The lowest BCUT2D eigenvalue weighted by atomic mass is 10.1. The van der Waals surface area contributed by atoms with Crippen LogP contribution in [-0.2, 0) is 4.18 Å². The Kier molecular flexibility index (Phi) is 5.15. The second kappa shape index (κ2) is 6.16. The first-order valence-corrected chi connectivity index (χ1v) is 5.87. The molecule has 84 valence electrons. The Bertz CT molecular complexity index is 300. The Hall–Kier alpha value is -0.510. The smallest absolute Gasteiger partial charge is 0.0640 e. The molecule has 0 amide bonds. The van der Waals surface area contributed by atoms with Gasteiger partial charge in [-0.05, 0) is 38.3 Å². The number of aryl methyl sites for hydroxylation is 3. The van der Waals surface area contributed by atoms with Crippen molar-refractivity contribution in [2.45, 2.75) is 32.1 Å². The lowest BCUT2D eigenvalue weighted by molar-refractivity contribution is 0.249. The average molecular weight is 226 g/mol. The van der Waals surface area contributed by atoms with E-state index in [0.717, 1.165) is 0 Å². The van der Waals surface area contributed by atoms with Crippen LogP contribution < -0.4 is 0 Å². The van der Waals surface area contributed by atoms with Gasteiger partial charge in [0.2, 0.25) is 0 Å². The Morgan fingerprint density at radius 2 is 1.80 bits per heavy atom. The minimum atomic E-state index is 0.187. The van der Waals surface area contributed by atoms with Gasteiger partial charge in [0.25, 0.3) is 0 Å². The third-order valence-corrected chi connectivity index (χ3v) is 3.23. The third-order valence-electron chi connectivity index (χ3n) is 2.13. The lowest BCUT2D eigenvalue weighted by Crippen LogP contribution is -1.93. The van der Waals surface area contributed by atoms with Gasteiger partial charge in [0.1, 0.15) is 0 Å². The van der Waals surface area contributed by atoms with Gasteiger partial charge in [0, 0.05) is 23.5 Å². The van der Waals surface area contributed by atoms with Crippen molar-refractivity contribution in [3.05, 3.63) is 28.8 Å². The van der Waals surface area contributed by atoms with Crippen LogP contribution in [0.5, 0.6) is 0 Å². The lowest BCUT2D eigenvalue weighted by Gasteiger charge is -2.09. The first-order valence-electron chi connectivity index (χ1n) is 5.13. The van der Waals surface area contributed by atoms with Crippen LogP contribution in [0.4, 0.5) is 0 Å². The molecule has 0 aliphatic heterocycles. The first kappa shape index (κ1) is 12.6. The van der Waals surface area contributed by atoms with Crippen LogP contribution in [0.3, 0.4) is 0 Å². The summed E-state index contributed by atoms with van der Waals surface area (Å²) in [5.41, 5.74) is 3.78. The van der Waals surface area contributed by atoms with E-state index in [2.05, 4.69) is 32.9 Å². The van der Waals surface area contributed by atoms with Gasteiger partial charge in [-0.15, -0.1) is 0 Å². The molecule has 1 N–H and O–H groups in total. The summed E-state index contributed by atoms with van der Waals surface area (Å²) < 4.78 is 5.42. The number of hydrogen-bond donors (Lipinski definition) is 1. The molecule has 15 heavy (non-hydrogen) atoms. The van der Waals surface area contributed by atoms with Crippen molar-refractivity contribution in [2.75, 3.05) is 13.2 Å².